The maximum Gasteiger partial charge on any atom is 0.304 e. The summed E-state index contributed by atoms with van der Waals surface area (Å²) in [5, 5.41) is 21.0. The highest BCUT2D eigenvalue weighted by molar-refractivity contribution is 6.18. The van der Waals surface area contributed by atoms with E-state index in [-0.39, 0.29) is 18.1 Å². The summed E-state index contributed by atoms with van der Waals surface area (Å²) in [6.45, 7) is 1.92. The summed E-state index contributed by atoms with van der Waals surface area (Å²) >= 11 is 5.48. The first-order chi connectivity index (χ1) is 9.43. The molecule has 3 N–H and O–H groups in total. The fourth-order valence-corrected chi connectivity index (χ4v) is 1.79. The number of aliphatic carboxylic acids is 1. The third-order valence-electron chi connectivity index (χ3n) is 2.82. The van der Waals surface area contributed by atoms with E-state index in [4.69, 9.17) is 16.7 Å². The van der Waals surface area contributed by atoms with Gasteiger partial charge < -0.3 is 15.5 Å². The number of nitrogens with one attached hydrogen (secondary N) is 1. The van der Waals surface area contributed by atoms with Crippen LogP contribution in [0.3, 0.4) is 0 Å². The Labute approximate surface area is 122 Å². The van der Waals surface area contributed by atoms with Crippen molar-refractivity contribution in [3.63, 3.8) is 0 Å². The molecule has 0 radical (unpaired) electrons. The zero-order chi connectivity index (χ0) is 15.1. The van der Waals surface area contributed by atoms with Crippen molar-refractivity contribution < 1.29 is 19.8 Å². The quantitative estimate of drug-likeness (QED) is 0.505. The van der Waals surface area contributed by atoms with Gasteiger partial charge in [0.1, 0.15) is 0 Å². The second-order valence-corrected chi connectivity index (χ2v) is 4.94. The number of Topliss-reactive ketones (excluding diaryl/α,β-unsaturated/α-hetero) is 1. The van der Waals surface area contributed by atoms with Crippen LogP contribution in [-0.2, 0) is 4.79 Å². The van der Waals surface area contributed by atoms with E-state index in [1.54, 1.807) is 31.2 Å². The number of carboxylic acids is 1. The number of rotatable bonds is 8. The Morgan fingerprint density at radius 2 is 1.90 bits per heavy atom. The average molecular weight is 300 g/mol. The molecule has 0 saturated heterocycles. The number of halogens is 1. The number of carboxylic acid groups (broad SMARTS) is 1. The second-order valence-electron chi connectivity index (χ2n) is 4.63. The lowest BCUT2D eigenvalue weighted by molar-refractivity contribution is -0.137. The lowest BCUT2D eigenvalue weighted by Crippen LogP contribution is -2.20. The molecule has 1 aromatic carbocycles. The van der Waals surface area contributed by atoms with Gasteiger partial charge in [0.05, 0.1) is 18.4 Å². The Bertz CT molecular complexity index is 461. The summed E-state index contributed by atoms with van der Waals surface area (Å²) < 4.78 is 0. The molecule has 2 unspecified atom stereocenters. The largest absolute Gasteiger partial charge is 0.481 e. The van der Waals surface area contributed by atoms with Crippen molar-refractivity contribution in [3.8, 4) is 0 Å². The summed E-state index contributed by atoms with van der Waals surface area (Å²) in [4.78, 5) is 22.5. The van der Waals surface area contributed by atoms with Gasteiger partial charge in [0.25, 0.3) is 0 Å². The number of carbonyl (C=O) groups is 2. The van der Waals surface area contributed by atoms with E-state index in [0.29, 0.717) is 12.1 Å². The van der Waals surface area contributed by atoms with Crippen LogP contribution in [0.1, 0.15) is 23.7 Å². The molecule has 0 aromatic heterocycles. The van der Waals surface area contributed by atoms with Crippen LogP contribution in [0.4, 0.5) is 5.69 Å². The van der Waals surface area contributed by atoms with Crippen molar-refractivity contribution >= 4 is 29.0 Å². The number of benzene rings is 1. The summed E-state index contributed by atoms with van der Waals surface area (Å²) in [7, 11) is 0. The van der Waals surface area contributed by atoms with Gasteiger partial charge in [-0.3, -0.25) is 9.59 Å². The Hall–Kier alpha value is -1.59. The van der Waals surface area contributed by atoms with Gasteiger partial charge in [-0.05, 0) is 24.3 Å². The molecular formula is C14H18ClNO4. The van der Waals surface area contributed by atoms with Crippen molar-refractivity contribution in [1.29, 1.82) is 0 Å². The fourth-order valence-electron chi connectivity index (χ4n) is 1.68. The minimum Gasteiger partial charge on any atom is -0.481 e. The van der Waals surface area contributed by atoms with Crippen LogP contribution in [0.15, 0.2) is 24.3 Å². The van der Waals surface area contributed by atoms with Gasteiger partial charge in [0.15, 0.2) is 5.78 Å². The summed E-state index contributed by atoms with van der Waals surface area (Å²) in [6, 6.07) is 6.69. The Morgan fingerprint density at radius 1 is 1.30 bits per heavy atom. The predicted octanol–water partition coefficient (Wildman–Crippen LogP) is 1.99. The number of hydrogen-bond acceptors (Lipinski definition) is 4. The highest BCUT2D eigenvalue weighted by atomic mass is 35.5. The molecule has 0 bridgehead atoms. The second kappa shape index (κ2) is 7.87. The van der Waals surface area contributed by atoms with E-state index in [1.807, 2.05) is 0 Å². The fraction of sp³-hybridized carbons (Fsp3) is 0.429. The van der Waals surface area contributed by atoms with Crippen molar-refractivity contribution in [2.75, 3.05) is 17.7 Å². The average Bonchev–Trinajstić information content (AvgIpc) is 2.43. The molecule has 1 aromatic rings. The van der Waals surface area contributed by atoms with Crippen LogP contribution in [0, 0.1) is 5.92 Å². The van der Waals surface area contributed by atoms with Gasteiger partial charge in [-0.2, -0.15) is 0 Å². The van der Waals surface area contributed by atoms with E-state index >= 15 is 0 Å². The van der Waals surface area contributed by atoms with E-state index in [0.717, 1.165) is 5.69 Å². The van der Waals surface area contributed by atoms with E-state index in [2.05, 4.69) is 5.32 Å². The molecule has 2 atom stereocenters. The molecule has 0 saturated carbocycles. The van der Waals surface area contributed by atoms with E-state index in [9.17, 15) is 14.7 Å². The number of ketones is 1. The third-order valence-corrected chi connectivity index (χ3v) is 3.17. The standard InChI is InChI=1S/C14H18ClNO4/c1-9(6-13(18)19)14(20)10-2-4-11(5-3-10)16-8-12(17)7-15/h2-5,9,12,16-17H,6-8H2,1H3,(H,18,19). The van der Waals surface area contributed by atoms with Gasteiger partial charge in [0, 0.05) is 23.7 Å². The molecule has 1 rings (SSSR count). The van der Waals surface area contributed by atoms with Gasteiger partial charge in [-0.15, -0.1) is 11.6 Å². The first kappa shape index (κ1) is 16.5. The molecule has 0 spiro atoms. The van der Waals surface area contributed by atoms with Crippen LogP contribution < -0.4 is 5.32 Å². The van der Waals surface area contributed by atoms with Gasteiger partial charge in [0.2, 0.25) is 0 Å². The molecule has 0 aliphatic carbocycles. The predicted molar refractivity (Wildman–Crippen MR) is 77.4 cm³/mol. The molecule has 0 fully saturated rings. The molecule has 0 aliphatic rings. The number of aliphatic hydroxyl groups excluding tert-OH is 1. The number of alkyl halides is 1. The Morgan fingerprint density at radius 3 is 2.40 bits per heavy atom. The van der Waals surface area contributed by atoms with Gasteiger partial charge in [-0.25, -0.2) is 0 Å². The number of hydrogen-bond donors (Lipinski definition) is 3. The lowest BCUT2D eigenvalue weighted by atomic mass is 9.96. The molecule has 20 heavy (non-hydrogen) atoms. The van der Waals surface area contributed by atoms with Crippen LogP contribution in [0.25, 0.3) is 0 Å². The molecule has 0 amide bonds. The Kier molecular flexibility index (Phi) is 6.48. The molecule has 5 nitrogen and oxygen atoms in total. The third kappa shape index (κ3) is 5.19. The Balaban J connectivity index is 2.61. The van der Waals surface area contributed by atoms with Gasteiger partial charge >= 0.3 is 5.97 Å². The molecule has 0 heterocycles. The maximum absolute atomic E-state index is 12.0. The zero-order valence-electron chi connectivity index (χ0n) is 11.2. The number of aliphatic hydroxyl groups is 1. The summed E-state index contributed by atoms with van der Waals surface area (Å²) in [5.41, 5.74) is 1.23. The minimum atomic E-state index is -0.987. The van der Waals surface area contributed by atoms with Crippen molar-refractivity contribution in [2.24, 2.45) is 5.92 Å². The first-order valence-electron chi connectivity index (χ1n) is 6.28. The highest BCUT2D eigenvalue weighted by Crippen LogP contribution is 2.15. The zero-order valence-corrected chi connectivity index (χ0v) is 11.9. The SMILES string of the molecule is CC(CC(=O)O)C(=O)c1ccc(NCC(O)CCl)cc1. The monoisotopic (exact) mass is 299 g/mol. The first-order valence-corrected chi connectivity index (χ1v) is 6.81. The van der Waals surface area contributed by atoms with Crippen molar-refractivity contribution in [1.82, 2.24) is 0 Å². The normalized spacial score (nSPS) is 13.6. The molecule has 0 aliphatic heterocycles. The summed E-state index contributed by atoms with van der Waals surface area (Å²) in [6.07, 6.45) is -0.811. The number of carbonyl (C=O) groups excluding carboxylic acids is 1. The lowest BCUT2D eigenvalue weighted by Gasteiger charge is -2.11. The van der Waals surface area contributed by atoms with Crippen LogP contribution in [0.5, 0.6) is 0 Å². The molecule has 6 heteroatoms. The van der Waals surface area contributed by atoms with Crippen molar-refractivity contribution in [3.05, 3.63) is 29.8 Å². The van der Waals surface area contributed by atoms with Crippen LogP contribution in [-0.4, -0.2) is 40.5 Å². The van der Waals surface area contributed by atoms with Crippen LogP contribution in [0.2, 0.25) is 0 Å². The topological polar surface area (TPSA) is 86.6 Å². The van der Waals surface area contributed by atoms with Crippen molar-refractivity contribution in [2.45, 2.75) is 19.4 Å². The minimum absolute atomic E-state index is 0.149. The summed E-state index contributed by atoms with van der Waals surface area (Å²) in [5.74, 6) is -1.58. The molecule has 110 valence electrons. The number of anilines is 1. The maximum atomic E-state index is 12.0. The van der Waals surface area contributed by atoms with Gasteiger partial charge in [-0.1, -0.05) is 6.92 Å². The van der Waals surface area contributed by atoms with E-state index < -0.39 is 18.0 Å². The molecular weight excluding hydrogens is 282 g/mol. The van der Waals surface area contributed by atoms with Crippen LogP contribution >= 0.6 is 11.6 Å². The highest BCUT2D eigenvalue weighted by Gasteiger charge is 2.18. The van der Waals surface area contributed by atoms with E-state index in [1.165, 1.54) is 0 Å². The smallest absolute Gasteiger partial charge is 0.304 e.